The third kappa shape index (κ3) is 4.15. The highest BCUT2D eigenvalue weighted by molar-refractivity contribution is 9.10. The Hall–Kier alpha value is -3.46. The van der Waals surface area contributed by atoms with Crippen molar-refractivity contribution in [3.8, 4) is 0 Å². The van der Waals surface area contributed by atoms with Gasteiger partial charge in [-0.25, -0.2) is 0 Å². The first-order valence-electron chi connectivity index (χ1n) is 12.6. The molecule has 0 spiro atoms. The van der Waals surface area contributed by atoms with Gasteiger partial charge in [0.05, 0.1) is 0 Å². The molecule has 3 aromatic rings. The summed E-state index contributed by atoms with van der Waals surface area (Å²) in [6.07, 6.45) is 2.30. The van der Waals surface area contributed by atoms with Crippen LogP contribution in [0.5, 0.6) is 0 Å². The van der Waals surface area contributed by atoms with Crippen LogP contribution in [0.15, 0.2) is 40.9 Å². The van der Waals surface area contributed by atoms with E-state index >= 15 is 0 Å². The van der Waals surface area contributed by atoms with Crippen LogP contribution in [0, 0.1) is 6.92 Å². The fourth-order valence-electron chi connectivity index (χ4n) is 5.94. The predicted molar refractivity (Wildman–Crippen MR) is 141 cm³/mol. The molecule has 1 aromatic heterocycles. The summed E-state index contributed by atoms with van der Waals surface area (Å²) in [4.78, 5) is 56.9. The molecule has 2 fully saturated rings. The van der Waals surface area contributed by atoms with Crippen LogP contribution in [-0.2, 0) is 16.1 Å². The van der Waals surface area contributed by atoms with Crippen molar-refractivity contribution >= 4 is 50.5 Å². The van der Waals surface area contributed by atoms with Crippen molar-refractivity contribution < 1.29 is 19.2 Å². The number of aromatic nitrogens is 1. The van der Waals surface area contributed by atoms with Gasteiger partial charge in [0.25, 0.3) is 11.8 Å². The Morgan fingerprint density at radius 2 is 1.81 bits per heavy atom. The molecule has 1 atom stereocenters. The zero-order valence-electron chi connectivity index (χ0n) is 20.5. The number of H-pyrrole nitrogens is 1. The number of imide groups is 1. The Morgan fingerprint density at radius 1 is 1.03 bits per heavy atom. The molecule has 0 saturated carbocycles. The molecule has 2 aromatic carbocycles. The first-order valence-corrected chi connectivity index (χ1v) is 13.4. The Balaban J connectivity index is 1.13. The smallest absolute Gasteiger partial charge is 0.270 e. The van der Waals surface area contributed by atoms with Gasteiger partial charge in [-0.15, -0.1) is 0 Å². The number of carbonyl (C=O) groups is 4. The molecule has 8 nitrogen and oxygen atoms in total. The first kappa shape index (κ1) is 23.9. The molecule has 0 bridgehead atoms. The van der Waals surface area contributed by atoms with E-state index in [0.717, 1.165) is 44.9 Å². The lowest BCUT2D eigenvalue weighted by Gasteiger charge is -2.32. The number of aryl methyl sites for hydroxylation is 1. The van der Waals surface area contributed by atoms with Crippen LogP contribution in [0.4, 0.5) is 0 Å². The normalized spacial score (nSPS) is 20.5. The highest BCUT2D eigenvalue weighted by Crippen LogP contribution is 2.34. The number of likely N-dealkylation sites (tertiary alicyclic amines) is 1. The lowest BCUT2D eigenvalue weighted by atomic mass is 9.87. The van der Waals surface area contributed by atoms with Crippen LogP contribution in [0.25, 0.3) is 10.9 Å². The Kier molecular flexibility index (Phi) is 5.90. The standard InChI is InChI=1S/C28H27BrN4O4/c1-15-21-13-19(29)3-5-22(21)30-25(15)28(37)32-10-8-16(9-11-32)17-2-4-20-18(12-17)14-33(27(20)36)23-6-7-24(34)31-26(23)35/h2-5,12-13,16,23,30H,6-11,14H2,1H3,(H,31,34,35). The minimum Gasteiger partial charge on any atom is -0.350 e. The van der Waals surface area contributed by atoms with Gasteiger partial charge in [-0.05, 0) is 73.1 Å². The van der Waals surface area contributed by atoms with Gasteiger partial charge in [-0.3, -0.25) is 24.5 Å². The number of hydrogen-bond donors (Lipinski definition) is 2. The topological polar surface area (TPSA) is 103 Å². The molecule has 0 radical (unpaired) electrons. The van der Waals surface area contributed by atoms with E-state index in [1.165, 1.54) is 0 Å². The maximum absolute atomic E-state index is 13.3. The molecule has 0 aliphatic carbocycles. The summed E-state index contributed by atoms with van der Waals surface area (Å²) in [5.41, 5.74) is 5.28. The summed E-state index contributed by atoms with van der Waals surface area (Å²) in [6.45, 7) is 3.69. The summed E-state index contributed by atoms with van der Waals surface area (Å²) in [7, 11) is 0. The molecule has 6 rings (SSSR count). The number of carbonyl (C=O) groups excluding carboxylic acids is 4. The molecule has 3 aliphatic rings. The fraction of sp³-hybridized carbons (Fsp3) is 0.357. The summed E-state index contributed by atoms with van der Waals surface area (Å²) in [5, 5.41) is 3.39. The Morgan fingerprint density at radius 3 is 2.57 bits per heavy atom. The van der Waals surface area contributed by atoms with Crippen molar-refractivity contribution in [2.75, 3.05) is 13.1 Å². The number of piperidine rings is 2. The molecule has 190 valence electrons. The average Bonchev–Trinajstić information content (AvgIpc) is 3.39. The quantitative estimate of drug-likeness (QED) is 0.470. The summed E-state index contributed by atoms with van der Waals surface area (Å²) >= 11 is 3.51. The molecule has 2 N–H and O–H groups in total. The molecule has 3 aliphatic heterocycles. The van der Waals surface area contributed by atoms with E-state index in [9.17, 15) is 19.2 Å². The minimum absolute atomic E-state index is 0.0303. The van der Waals surface area contributed by atoms with Crippen molar-refractivity contribution in [2.24, 2.45) is 0 Å². The van der Waals surface area contributed by atoms with E-state index in [0.29, 0.717) is 43.2 Å². The number of rotatable bonds is 3. The van der Waals surface area contributed by atoms with E-state index in [1.807, 2.05) is 42.2 Å². The van der Waals surface area contributed by atoms with Crippen molar-refractivity contribution in [1.82, 2.24) is 20.1 Å². The third-order valence-corrected chi connectivity index (χ3v) is 8.53. The third-order valence-electron chi connectivity index (χ3n) is 8.04. The predicted octanol–water partition coefficient (Wildman–Crippen LogP) is 4.02. The number of benzene rings is 2. The van der Waals surface area contributed by atoms with E-state index in [-0.39, 0.29) is 24.1 Å². The SMILES string of the molecule is Cc1c(C(=O)N2CCC(c3ccc4c(c3)CN(C3CCC(=O)NC3=O)C4=O)CC2)[nH]c2ccc(Br)cc12. The largest absolute Gasteiger partial charge is 0.350 e. The Bertz CT molecular complexity index is 1470. The maximum Gasteiger partial charge on any atom is 0.270 e. The van der Waals surface area contributed by atoms with E-state index < -0.39 is 11.9 Å². The molecular formula is C28H27BrN4O4. The van der Waals surface area contributed by atoms with Gasteiger partial charge in [0.1, 0.15) is 11.7 Å². The summed E-state index contributed by atoms with van der Waals surface area (Å²) in [6, 6.07) is 11.3. The summed E-state index contributed by atoms with van der Waals surface area (Å²) < 4.78 is 0.984. The highest BCUT2D eigenvalue weighted by Gasteiger charge is 2.39. The van der Waals surface area contributed by atoms with Gasteiger partial charge >= 0.3 is 0 Å². The number of amides is 4. The minimum atomic E-state index is -0.607. The monoisotopic (exact) mass is 562 g/mol. The summed E-state index contributed by atoms with van der Waals surface area (Å²) in [5.74, 6) is -0.508. The van der Waals surface area contributed by atoms with Gasteiger partial charge < -0.3 is 14.8 Å². The van der Waals surface area contributed by atoms with E-state index in [4.69, 9.17) is 0 Å². The second kappa shape index (κ2) is 9.13. The van der Waals surface area contributed by atoms with Gasteiger partial charge in [0.15, 0.2) is 0 Å². The molecule has 4 amide bonds. The average molecular weight is 563 g/mol. The lowest BCUT2D eigenvalue weighted by molar-refractivity contribution is -0.136. The lowest BCUT2D eigenvalue weighted by Crippen LogP contribution is -2.52. The fourth-order valence-corrected chi connectivity index (χ4v) is 6.30. The molecule has 9 heteroatoms. The van der Waals surface area contributed by atoms with E-state index in [1.54, 1.807) is 4.90 Å². The van der Waals surface area contributed by atoms with E-state index in [2.05, 4.69) is 32.3 Å². The van der Waals surface area contributed by atoms with Gasteiger partial charge in [0, 0.05) is 47.0 Å². The van der Waals surface area contributed by atoms with Crippen LogP contribution in [-0.4, -0.2) is 57.5 Å². The zero-order chi connectivity index (χ0) is 25.8. The van der Waals surface area contributed by atoms with Gasteiger partial charge in [0.2, 0.25) is 11.8 Å². The molecule has 2 saturated heterocycles. The second-order valence-electron chi connectivity index (χ2n) is 10.2. The van der Waals surface area contributed by atoms with Crippen LogP contribution in [0.1, 0.15) is 69.1 Å². The highest BCUT2D eigenvalue weighted by atomic mass is 79.9. The van der Waals surface area contributed by atoms with Crippen molar-refractivity contribution in [3.63, 3.8) is 0 Å². The molecular weight excluding hydrogens is 536 g/mol. The first-order chi connectivity index (χ1) is 17.8. The number of nitrogens with zero attached hydrogens (tertiary/aromatic N) is 2. The number of aromatic amines is 1. The van der Waals surface area contributed by atoms with Crippen molar-refractivity contribution in [3.05, 3.63) is 68.8 Å². The maximum atomic E-state index is 13.3. The number of nitrogens with one attached hydrogen (secondary N) is 2. The Labute approximate surface area is 222 Å². The van der Waals surface area contributed by atoms with Crippen LogP contribution in [0.3, 0.4) is 0 Å². The molecule has 1 unspecified atom stereocenters. The number of hydrogen-bond acceptors (Lipinski definition) is 4. The van der Waals surface area contributed by atoms with Crippen LogP contribution < -0.4 is 5.32 Å². The molecule has 4 heterocycles. The van der Waals surface area contributed by atoms with Crippen LogP contribution >= 0.6 is 15.9 Å². The van der Waals surface area contributed by atoms with Crippen LogP contribution in [0.2, 0.25) is 0 Å². The zero-order valence-corrected chi connectivity index (χ0v) is 22.1. The number of fused-ring (bicyclic) bond motifs is 2. The molecule has 37 heavy (non-hydrogen) atoms. The van der Waals surface area contributed by atoms with Gasteiger partial charge in [-0.1, -0.05) is 28.1 Å². The number of halogens is 1. The van der Waals surface area contributed by atoms with Gasteiger partial charge in [-0.2, -0.15) is 0 Å². The second-order valence-corrected chi connectivity index (χ2v) is 11.1. The van der Waals surface area contributed by atoms with Crippen molar-refractivity contribution in [2.45, 2.75) is 51.1 Å². The van der Waals surface area contributed by atoms with Crippen molar-refractivity contribution in [1.29, 1.82) is 0 Å².